The fourth-order valence-corrected chi connectivity index (χ4v) is 2.03. The van der Waals surface area contributed by atoms with Gasteiger partial charge in [0.1, 0.15) is 0 Å². The number of fused-ring (bicyclic) bond motifs is 1. The van der Waals surface area contributed by atoms with Crippen molar-refractivity contribution >= 4 is 23.6 Å². The van der Waals surface area contributed by atoms with Crippen LogP contribution in [0.3, 0.4) is 0 Å². The minimum absolute atomic E-state index is 0.000556. The van der Waals surface area contributed by atoms with Gasteiger partial charge in [-0.15, -0.1) is 0 Å². The average molecular weight is 244 g/mol. The van der Waals surface area contributed by atoms with E-state index in [-0.39, 0.29) is 17.0 Å². The van der Waals surface area contributed by atoms with Gasteiger partial charge in [-0.05, 0) is 23.6 Å². The van der Waals surface area contributed by atoms with Crippen molar-refractivity contribution in [2.24, 2.45) is 5.92 Å². The second kappa shape index (κ2) is 4.22. The van der Waals surface area contributed by atoms with E-state index in [2.05, 4.69) is 0 Å². The largest absolute Gasteiger partial charge is 0.478 e. The van der Waals surface area contributed by atoms with Crippen LogP contribution >= 0.6 is 0 Å². The Hall–Kier alpha value is -2.23. The molecule has 0 unspecified atom stereocenters. The van der Waals surface area contributed by atoms with E-state index in [1.165, 1.54) is 6.07 Å². The van der Waals surface area contributed by atoms with Crippen LogP contribution in [0.5, 0.6) is 0 Å². The maximum Gasteiger partial charge on any atom is 0.336 e. The molecular weight excluding hydrogens is 232 g/mol. The van der Waals surface area contributed by atoms with Gasteiger partial charge in [0.05, 0.1) is 5.56 Å². The van der Waals surface area contributed by atoms with Gasteiger partial charge in [0.2, 0.25) is 11.6 Å². The van der Waals surface area contributed by atoms with Gasteiger partial charge >= 0.3 is 5.97 Å². The molecule has 0 aromatic heterocycles. The van der Waals surface area contributed by atoms with Gasteiger partial charge in [0.15, 0.2) is 0 Å². The highest BCUT2D eigenvalue weighted by molar-refractivity contribution is 6.52. The number of benzene rings is 1. The Labute approximate surface area is 104 Å². The molecule has 18 heavy (non-hydrogen) atoms. The van der Waals surface area contributed by atoms with Crippen LogP contribution in [0, 0.1) is 5.92 Å². The quantitative estimate of drug-likeness (QED) is 0.809. The summed E-state index contributed by atoms with van der Waals surface area (Å²) in [5, 5.41) is 9.04. The van der Waals surface area contributed by atoms with E-state index < -0.39 is 17.5 Å². The number of rotatable bonds is 2. The molecule has 0 amide bonds. The van der Waals surface area contributed by atoms with Crippen molar-refractivity contribution in [2.45, 2.75) is 13.8 Å². The van der Waals surface area contributed by atoms with Crippen LogP contribution in [-0.2, 0) is 4.79 Å². The van der Waals surface area contributed by atoms with E-state index in [9.17, 15) is 14.4 Å². The molecule has 1 aromatic carbocycles. The van der Waals surface area contributed by atoms with E-state index in [1.807, 2.05) is 13.8 Å². The normalized spacial score (nSPS) is 14.5. The van der Waals surface area contributed by atoms with Gasteiger partial charge in [0, 0.05) is 11.1 Å². The lowest BCUT2D eigenvalue weighted by Gasteiger charge is -2.18. The highest BCUT2D eigenvalue weighted by Gasteiger charge is 2.32. The molecule has 2 rings (SSSR count). The van der Waals surface area contributed by atoms with Gasteiger partial charge in [0.25, 0.3) is 0 Å². The summed E-state index contributed by atoms with van der Waals surface area (Å²) in [6.45, 7) is 3.64. The molecule has 0 bridgehead atoms. The van der Waals surface area contributed by atoms with E-state index in [0.29, 0.717) is 11.1 Å². The Morgan fingerprint density at radius 1 is 1.17 bits per heavy atom. The molecule has 0 fully saturated rings. The molecule has 0 saturated carbocycles. The molecule has 92 valence electrons. The van der Waals surface area contributed by atoms with E-state index in [4.69, 9.17) is 5.11 Å². The highest BCUT2D eigenvalue weighted by atomic mass is 16.4. The third-order valence-electron chi connectivity index (χ3n) is 2.96. The molecule has 1 aliphatic rings. The smallest absolute Gasteiger partial charge is 0.336 e. The number of carbonyl (C=O) groups excluding carboxylic acids is 2. The third kappa shape index (κ3) is 1.76. The first kappa shape index (κ1) is 12.2. The molecule has 0 spiro atoms. The van der Waals surface area contributed by atoms with Gasteiger partial charge in [-0.1, -0.05) is 26.0 Å². The number of allylic oxidation sites excluding steroid dienone is 1. The SMILES string of the molecule is CC(C)C1=Cc2cccc(C(=O)O)c2C(=O)C1=O. The molecule has 1 N–H and O–H groups in total. The lowest BCUT2D eigenvalue weighted by atomic mass is 9.83. The molecule has 4 nitrogen and oxygen atoms in total. The van der Waals surface area contributed by atoms with E-state index >= 15 is 0 Å². The summed E-state index contributed by atoms with van der Waals surface area (Å²) >= 11 is 0. The van der Waals surface area contributed by atoms with E-state index in [1.54, 1.807) is 18.2 Å². The van der Waals surface area contributed by atoms with Gasteiger partial charge in [-0.2, -0.15) is 0 Å². The van der Waals surface area contributed by atoms with Crippen molar-refractivity contribution in [1.29, 1.82) is 0 Å². The zero-order valence-corrected chi connectivity index (χ0v) is 10.1. The molecule has 4 heteroatoms. The summed E-state index contributed by atoms with van der Waals surface area (Å²) < 4.78 is 0. The molecule has 1 aliphatic carbocycles. The molecule has 0 saturated heterocycles. The highest BCUT2D eigenvalue weighted by Crippen LogP contribution is 2.28. The number of hydrogen-bond donors (Lipinski definition) is 1. The van der Waals surface area contributed by atoms with Crippen LogP contribution in [0.1, 0.15) is 40.1 Å². The number of ketones is 2. The first-order valence-corrected chi connectivity index (χ1v) is 5.60. The molecular formula is C14H12O4. The predicted octanol–water partition coefficient (Wildman–Crippen LogP) is 2.19. The lowest BCUT2D eigenvalue weighted by molar-refractivity contribution is -0.112. The van der Waals surface area contributed by atoms with Crippen LogP contribution in [0.15, 0.2) is 23.8 Å². The van der Waals surface area contributed by atoms with E-state index in [0.717, 1.165) is 0 Å². The summed E-state index contributed by atoms with van der Waals surface area (Å²) in [7, 11) is 0. The summed E-state index contributed by atoms with van der Waals surface area (Å²) in [5.74, 6) is -2.60. The van der Waals surface area contributed by atoms with Crippen molar-refractivity contribution in [2.75, 3.05) is 0 Å². The number of carbonyl (C=O) groups is 3. The number of carboxylic acid groups (broad SMARTS) is 1. The minimum Gasteiger partial charge on any atom is -0.478 e. The summed E-state index contributed by atoms with van der Waals surface area (Å²) in [6.07, 6.45) is 1.61. The van der Waals surface area contributed by atoms with Crippen molar-refractivity contribution in [1.82, 2.24) is 0 Å². The van der Waals surface area contributed by atoms with Crippen molar-refractivity contribution < 1.29 is 19.5 Å². The van der Waals surface area contributed by atoms with Crippen molar-refractivity contribution in [3.05, 3.63) is 40.5 Å². The first-order chi connectivity index (χ1) is 8.43. The Balaban J connectivity index is 2.72. The lowest BCUT2D eigenvalue weighted by Crippen LogP contribution is -2.26. The Morgan fingerprint density at radius 2 is 1.83 bits per heavy atom. The Morgan fingerprint density at radius 3 is 2.39 bits per heavy atom. The van der Waals surface area contributed by atoms with Crippen LogP contribution in [0.4, 0.5) is 0 Å². The number of hydrogen-bond acceptors (Lipinski definition) is 3. The molecule has 0 heterocycles. The molecule has 0 radical (unpaired) electrons. The topological polar surface area (TPSA) is 71.4 Å². The van der Waals surface area contributed by atoms with Crippen molar-refractivity contribution in [3.63, 3.8) is 0 Å². The zero-order chi connectivity index (χ0) is 13.4. The molecule has 1 aromatic rings. The van der Waals surface area contributed by atoms with Crippen LogP contribution < -0.4 is 0 Å². The summed E-state index contributed by atoms with van der Waals surface area (Å²) in [5.41, 5.74) is 0.808. The average Bonchev–Trinajstić information content (AvgIpc) is 2.32. The number of Topliss-reactive ketones (excluding diaryl/α,β-unsaturated/α-hetero) is 2. The van der Waals surface area contributed by atoms with Gasteiger partial charge < -0.3 is 5.11 Å². The predicted molar refractivity (Wildman–Crippen MR) is 65.6 cm³/mol. The fourth-order valence-electron chi connectivity index (χ4n) is 2.03. The molecule has 0 aliphatic heterocycles. The minimum atomic E-state index is -1.20. The second-order valence-electron chi connectivity index (χ2n) is 4.49. The second-order valence-corrected chi connectivity index (χ2v) is 4.49. The third-order valence-corrected chi connectivity index (χ3v) is 2.96. The standard InChI is InChI=1S/C14H12O4/c1-7(2)10-6-8-4-3-5-9(14(17)18)11(8)13(16)12(10)15/h3-7H,1-2H3,(H,17,18). The van der Waals surface area contributed by atoms with Crippen molar-refractivity contribution in [3.8, 4) is 0 Å². The maximum atomic E-state index is 12.0. The maximum absolute atomic E-state index is 12.0. The van der Waals surface area contributed by atoms with Crippen LogP contribution in [0.2, 0.25) is 0 Å². The number of carboxylic acids is 1. The fraction of sp³-hybridized carbons (Fsp3) is 0.214. The Bertz CT molecular complexity index is 594. The summed E-state index contributed by atoms with van der Waals surface area (Å²) in [4.78, 5) is 35.0. The Kier molecular flexibility index (Phi) is 2.87. The zero-order valence-electron chi connectivity index (χ0n) is 10.1. The van der Waals surface area contributed by atoms with Crippen LogP contribution in [-0.4, -0.2) is 22.6 Å². The van der Waals surface area contributed by atoms with Crippen LogP contribution in [0.25, 0.3) is 6.08 Å². The number of aromatic carboxylic acids is 1. The van der Waals surface area contributed by atoms with Gasteiger partial charge in [-0.25, -0.2) is 4.79 Å². The molecule has 0 atom stereocenters. The first-order valence-electron chi connectivity index (χ1n) is 5.60. The van der Waals surface area contributed by atoms with Gasteiger partial charge in [-0.3, -0.25) is 9.59 Å². The monoisotopic (exact) mass is 244 g/mol. The summed E-state index contributed by atoms with van der Waals surface area (Å²) in [6, 6.07) is 4.55.